The summed E-state index contributed by atoms with van der Waals surface area (Å²) in [6, 6.07) is 3.23. The fourth-order valence-electron chi connectivity index (χ4n) is 2.05. The Morgan fingerprint density at radius 1 is 1.33 bits per heavy atom. The third-order valence-corrected chi connectivity index (χ3v) is 5.57. The Morgan fingerprint density at radius 2 is 1.94 bits per heavy atom. The summed E-state index contributed by atoms with van der Waals surface area (Å²) in [5.74, 6) is 1.12. The molecular formula is C12H17ClN2O2S. The molecule has 1 aromatic rings. The second-order valence-corrected chi connectivity index (χ2v) is 7.07. The van der Waals surface area contributed by atoms with E-state index in [0.717, 1.165) is 5.56 Å². The number of aromatic nitrogens is 1. The number of alkyl halides is 1. The van der Waals surface area contributed by atoms with Gasteiger partial charge in [0.2, 0.25) is 0 Å². The van der Waals surface area contributed by atoms with Crippen molar-refractivity contribution in [3.63, 3.8) is 0 Å². The van der Waals surface area contributed by atoms with Crippen LogP contribution in [-0.4, -0.2) is 30.8 Å². The van der Waals surface area contributed by atoms with Gasteiger partial charge in [-0.25, -0.2) is 13.4 Å². The lowest BCUT2D eigenvalue weighted by molar-refractivity contribution is 0.460. The van der Waals surface area contributed by atoms with Gasteiger partial charge in [0.05, 0.1) is 0 Å². The fourth-order valence-corrected chi connectivity index (χ4v) is 3.76. The molecule has 100 valence electrons. The first-order valence-electron chi connectivity index (χ1n) is 5.96. The van der Waals surface area contributed by atoms with Crippen molar-refractivity contribution in [3.8, 4) is 0 Å². The van der Waals surface area contributed by atoms with Gasteiger partial charge in [-0.2, -0.15) is 4.31 Å². The largest absolute Gasteiger partial charge is 0.260 e. The van der Waals surface area contributed by atoms with Crippen LogP contribution in [0.4, 0.5) is 0 Å². The van der Waals surface area contributed by atoms with Crippen LogP contribution in [0.25, 0.3) is 0 Å². The Hall–Kier alpha value is -0.650. The van der Waals surface area contributed by atoms with Gasteiger partial charge in [0.15, 0.2) is 5.03 Å². The zero-order chi connectivity index (χ0) is 13.3. The third-order valence-electron chi connectivity index (χ3n) is 3.51. The number of nitrogens with zero attached hydrogens (tertiary/aromatic N) is 2. The molecule has 2 unspecified atom stereocenters. The molecule has 1 fully saturated rings. The molecule has 18 heavy (non-hydrogen) atoms. The van der Waals surface area contributed by atoms with Crippen molar-refractivity contribution < 1.29 is 8.42 Å². The van der Waals surface area contributed by atoms with Crippen molar-refractivity contribution in [2.45, 2.75) is 24.8 Å². The van der Waals surface area contributed by atoms with Crippen molar-refractivity contribution in [3.05, 3.63) is 23.9 Å². The van der Waals surface area contributed by atoms with E-state index >= 15 is 0 Å². The first-order chi connectivity index (χ1) is 8.45. The Balaban J connectivity index is 2.25. The van der Waals surface area contributed by atoms with Crippen LogP contribution in [0.15, 0.2) is 23.4 Å². The number of rotatable bonds is 3. The number of hydrogen-bond donors (Lipinski definition) is 0. The van der Waals surface area contributed by atoms with Crippen LogP contribution in [-0.2, 0) is 15.9 Å². The Kier molecular flexibility index (Phi) is 3.94. The van der Waals surface area contributed by atoms with Gasteiger partial charge in [-0.1, -0.05) is 19.9 Å². The quantitative estimate of drug-likeness (QED) is 0.800. The molecule has 0 N–H and O–H groups in total. The van der Waals surface area contributed by atoms with Gasteiger partial charge in [-0.3, -0.25) is 0 Å². The van der Waals surface area contributed by atoms with Crippen molar-refractivity contribution >= 4 is 21.6 Å². The summed E-state index contributed by atoms with van der Waals surface area (Å²) in [6.07, 6.45) is 1.52. The maximum Gasteiger partial charge on any atom is 0.260 e. The van der Waals surface area contributed by atoms with Crippen LogP contribution < -0.4 is 0 Å². The highest BCUT2D eigenvalue weighted by molar-refractivity contribution is 7.89. The van der Waals surface area contributed by atoms with Crippen LogP contribution in [0.5, 0.6) is 0 Å². The topological polar surface area (TPSA) is 50.3 Å². The van der Waals surface area contributed by atoms with Gasteiger partial charge in [0.25, 0.3) is 10.0 Å². The van der Waals surface area contributed by atoms with Crippen molar-refractivity contribution in [1.82, 2.24) is 9.29 Å². The van der Waals surface area contributed by atoms with E-state index in [4.69, 9.17) is 11.6 Å². The van der Waals surface area contributed by atoms with Crippen LogP contribution in [0.1, 0.15) is 19.4 Å². The van der Waals surface area contributed by atoms with E-state index in [9.17, 15) is 8.42 Å². The SMILES string of the molecule is CC1CN(S(=O)(=O)c2ccc(CCl)cn2)CC1C. The van der Waals surface area contributed by atoms with Crippen molar-refractivity contribution in [1.29, 1.82) is 0 Å². The predicted molar refractivity (Wildman–Crippen MR) is 70.9 cm³/mol. The highest BCUT2D eigenvalue weighted by Gasteiger charge is 2.35. The lowest BCUT2D eigenvalue weighted by Gasteiger charge is -2.15. The fraction of sp³-hybridized carbons (Fsp3) is 0.583. The molecule has 0 saturated carbocycles. The minimum absolute atomic E-state index is 0.109. The minimum atomic E-state index is -3.45. The van der Waals surface area contributed by atoms with Gasteiger partial charge in [-0.05, 0) is 23.5 Å². The Morgan fingerprint density at radius 3 is 2.39 bits per heavy atom. The molecule has 0 spiro atoms. The average Bonchev–Trinajstić information content (AvgIpc) is 2.70. The van der Waals surface area contributed by atoms with Gasteiger partial charge >= 0.3 is 0 Å². The standard InChI is InChI=1S/C12H17ClN2O2S/c1-9-7-15(8-10(9)2)18(16,17)12-4-3-11(5-13)6-14-12/h3-4,6,9-10H,5,7-8H2,1-2H3. The summed E-state index contributed by atoms with van der Waals surface area (Å²) in [5, 5.41) is 0.109. The van der Waals surface area contributed by atoms with E-state index in [-0.39, 0.29) is 5.03 Å². The molecule has 6 heteroatoms. The van der Waals surface area contributed by atoms with E-state index < -0.39 is 10.0 Å². The molecule has 4 nitrogen and oxygen atoms in total. The normalized spacial score (nSPS) is 25.5. The Bertz CT molecular complexity index is 505. The maximum atomic E-state index is 12.4. The first-order valence-corrected chi connectivity index (χ1v) is 7.93. The highest BCUT2D eigenvalue weighted by Crippen LogP contribution is 2.27. The second kappa shape index (κ2) is 5.15. The summed E-state index contributed by atoms with van der Waals surface area (Å²) in [7, 11) is -3.45. The minimum Gasteiger partial charge on any atom is -0.243 e. The highest BCUT2D eigenvalue weighted by atomic mass is 35.5. The molecule has 0 bridgehead atoms. The predicted octanol–water partition coefficient (Wildman–Crippen LogP) is 2.10. The van der Waals surface area contributed by atoms with E-state index in [2.05, 4.69) is 18.8 Å². The summed E-state index contributed by atoms with van der Waals surface area (Å²) in [6.45, 7) is 5.29. The van der Waals surface area contributed by atoms with Crippen LogP contribution in [0.2, 0.25) is 0 Å². The van der Waals surface area contributed by atoms with Gasteiger partial charge in [0, 0.05) is 25.2 Å². The molecule has 1 aromatic heterocycles. The van der Waals surface area contributed by atoms with Gasteiger partial charge in [0.1, 0.15) is 0 Å². The molecule has 1 aliphatic rings. The zero-order valence-electron chi connectivity index (χ0n) is 10.5. The molecule has 0 aromatic carbocycles. The number of pyridine rings is 1. The first kappa shape index (κ1) is 13.8. The molecule has 0 amide bonds. The van der Waals surface area contributed by atoms with Crippen molar-refractivity contribution in [2.75, 3.05) is 13.1 Å². The lowest BCUT2D eigenvalue weighted by atomic mass is 10.0. The summed E-state index contributed by atoms with van der Waals surface area (Å²) in [5.41, 5.74) is 0.818. The molecule has 1 aliphatic heterocycles. The van der Waals surface area contributed by atoms with Crippen LogP contribution >= 0.6 is 11.6 Å². The average molecular weight is 289 g/mol. The van der Waals surface area contributed by atoms with E-state index in [1.165, 1.54) is 16.6 Å². The molecular weight excluding hydrogens is 272 g/mol. The zero-order valence-corrected chi connectivity index (χ0v) is 12.1. The number of halogens is 1. The van der Waals surface area contributed by atoms with Crippen molar-refractivity contribution in [2.24, 2.45) is 11.8 Å². The number of sulfonamides is 1. The second-order valence-electron chi connectivity index (χ2n) is 4.91. The van der Waals surface area contributed by atoms with Crippen LogP contribution in [0, 0.1) is 11.8 Å². The van der Waals surface area contributed by atoms with Crippen LogP contribution in [0.3, 0.4) is 0 Å². The molecule has 2 rings (SSSR count). The lowest BCUT2D eigenvalue weighted by Crippen LogP contribution is -2.29. The van der Waals surface area contributed by atoms with E-state index in [1.54, 1.807) is 6.07 Å². The monoisotopic (exact) mass is 288 g/mol. The Labute approximate surface area is 113 Å². The third kappa shape index (κ3) is 2.53. The van der Waals surface area contributed by atoms with Gasteiger partial charge < -0.3 is 0 Å². The molecule has 2 heterocycles. The molecule has 0 radical (unpaired) electrons. The van der Waals surface area contributed by atoms with E-state index in [0.29, 0.717) is 30.8 Å². The molecule has 1 saturated heterocycles. The maximum absolute atomic E-state index is 12.4. The smallest absolute Gasteiger partial charge is 0.243 e. The van der Waals surface area contributed by atoms with E-state index in [1.807, 2.05) is 0 Å². The molecule has 0 aliphatic carbocycles. The molecule has 2 atom stereocenters. The summed E-state index contributed by atoms with van der Waals surface area (Å²) < 4.78 is 26.2. The summed E-state index contributed by atoms with van der Waals surface area (Å²) >= 11 is 5.66. The summed E-state index contributed by atoms with van der Waals surface area (Å²) in [4.78, 5) is 4.00. The van der Waals surface area contributed by atoms with Gasteiger partial charge in [-0.15, -0.1) is 11.6 Å². The number of hydrogen-bond acceptors (Lipinski definition) is 3.